The van der Waals surface area contributed by atoms with E-state index < -0.39 is 0 Å². The van der Waals surface area contributed by atoms with E-state index in [-0.39, 0.29) is 24.3 Å². The normalized spacial score (nSPS) is 26.2. The number of methoxy groups -OCH3 is 1. The van der Waals surface area contributed by atoms with Crippen LogP contribution in [0.15, 0.2) is 36.4 Å². The van der Waals surface area contributed by atoms with Crippen molar-refractivity contribution in [2.75, 3.05) is 20.3 Å². The molecular formula is C18H18O5. The molecule has 2 aromatic carbocycles. The molecule has 0 bridgehead atoms. The Kier molecular flexibility index (Phi) is 3.67. The maximum Gasteiger partial charge on any atom is 0.338 e. The number of benzene rings is 2. The highest BCUT2D eigenvalue weighted by Crippen LogP contribution is 2.29. The third-order valence-electron chi connectivity index (χ3n) is 4.46. The van der Waals surface area contributed by atoms with Gasteiger partial charge in [-0.15, -0.1) is 0 Å². The van der Waals surface area contributed by atoms with Crippen molar-refractivity contribution >= 4 is 16.7 Å². The fourth-order valence-electron chi connectivity index (χ4n) is 3.21. The molecule has 2 heterocycles. The number of fused-ring (bicyclic) bond motifs is 2. The largest absolute Gasteiger partial charge is 0.497 e. The maximum atomic E-state index is 12.4. The van der Waals surface area contributed by atoms with E-state index in [1.165, 1.54) is 0 Å². The van der Waals surface area contributed by atoms with Crippen molar-refractivity contribution in [2.45, 2.75) is 24.7 Å². The van der Waals surface area contributed by atoms with Crippen LogP contribution in [0.3, 0.4) is 0 Å². The second-order valence-corrected chi connectivity index (χ2v) is 5.87. The Morgan fingerprint density at radius 1 is 1.13 bits per heavy atom. The van der Waals surface area contributed by atoms with Crippen molar-refractivity contribution in [1.82, 2.24) is 0 Å². The molecular weight excluding hydrogens is 296 g/mol. The molecule has 0 aliphatic carbocycles. The standard InChI is InChI=1S/C18H18O5/c1-20-14-5-4-11-8-13(3-2-12(11)9-14)18(19)23-16-10-22-15-6-7-21-17(15)16/h2-5,8-9,15-17H,6-7,10H2,1H3. The molecule has 0 N–H and O–H groups in total. The third kappa shape index (κ3) is 2.66. The van der Waals surface area contributed by atoms with Crippen LogP contribution >= 0.6 is 0 Å². The Morgan fingerprint density at radius 2 is 1.96 bits per heavy atom. The van der Waals surface area contributed by atoms with Gasteiger partial charge in [-0.05, 0) is 41.5 Å². The van der Waals surface area contributed by atoms with Gasteiger partial charge in [-0.1, -0.05) is 12.1 Å². The van der Waals surface area contributed by atoms with Crippen LogP contribution in [0.5, 0.6) is 5.75 Å². The highest BCUT2D eigenvalue weighted by atomic mass is 16.6. The van der Waals surface area contributed by atoms with Crippen molar-refractivity contribution in [3.63, 3.8) is 0 Å². The summed E-state index contributed by atoms with van der Waals surface area (Å²) in [6.45, 7) is 1.08. The molecule has 0 spiro atoms. The molecule has 3 unspecified atom stereocenters. The summed E-state index contributed by atoms with van der Waals surface area (Å²) < 4.78 is 22.0. The average molecular weight is 314 g/mol. The zero-order chi connectivity index (χ0) is 15.8. The molecule has 3 atom stereocenters. The maximum absolute atomic E-state index is 12.4. The van der Waals surface area contributed by atoms with E-state index in [0.29, 0.717) is 18.8 Å². The van der Waals surface area contributed by atoms with E-state index in [0.717, 1.165) is 22.9 Å². The topological polar surface area (TPSA) is 54.0 Å². The molecule has 0 amide bonds. The van der Waals surface area contributed by atoms with Gasteiger partial charge < -0.3 is 18.9 Å². The van der Waals surface area contributed by atoms with Gasteiger partial charge in [0.25, 0.3) is 0 Å². The lowest BCUT2D eigenvalue weighted by molar-refractivity contribution is -0.0147. The van der Waals surface area contributed by atoms with Gasteiger partial charge in [-0.3, -0.25) is 0 Å². The molecule has 2 saturated heterocycles. The zero-order valence-electron chi connectivity index (χ0n) is 12.9. The zero-order valence-corrected chi connectivity index (χ0v) is 12.9. The number of carbonyl (C=O) groups excluding carboxylic acids is 1. The summed E-state index contributed by atoms with van der Waals surface area (Å²) >= 11 is 0. The summed E-state index contributed by atoms with van der Waals surface area (Å²) in [5.74, 6) is 0.452. The Bertz CT molecular complexity index is 741. The smallest absolute Gasteiger partial charge is 0.338 e. The molecule has 4 rings (SSSR count). The summed E-state index contributed by atoms with van der Waals surface area (Å²) in [7, 11) is 1.63. The van der Waals surface area contributed by atoms with Gasteiger partial charge in [-0.2, -0.15) is 0 Å². The van der Waals surface area contributed by atoms with E-state index in [1.807, 2.05) is 30.3 Å². The number of hydrogen-bond acceptors (Lipinski definition) is 5. The molecule has 0 saturated carbocycles. The number of rotatable bonds is 3. The van der Waals surface area contributed by atoms with Gasteiger partial charge in [0.2, 0.25) is 0 Å². The second-order valence-electron chi connectivity index (χ2n) is 5.87. The van der Waals surface area contributed by atoms with E-state index in [2.05, 4.69) is 0 Å². The predicted octanol–water partition coefficient (Wildman–Crippen LogP) is 2.56. The lowest BCUT2D eigenvalue weighted by Crippen LogP contribution is -2.32. The van der Waals surface area contributed by atoms with Crippen LogP contribution < -0.4 is 4.74 Å². The minimum Gasteiger partial charge on any atom is -0.497 e. The van der Waals surface area contributed by atoms with Gasteiger partial charge in [0.05, 0.1) is 25.4 Å². The fraction of sp³-hybridized carbons (Fsp3) is 0.389. The van der Waals surface area contributed by atoms with Gasteiger partial charge >= 0.3 is 5.97 Å². The number of carbonyl (C=O) groups is 1. The average Bonchev–Trinajstić information content (AvgIpc) is 3.19. The van der Waals surface area contributed by atoms with Crippen LogP contribution in [0.4, 0.5) is 0 Å². The first kappa shape index (κ1) is 14.5. The second kappa shape index (κ2) is 5.83. The molecule has 0 aromatic heterocycles. The molecule has 0 radical (unpaired) electrons. The van der Waals surface area contributed by atoms with Gasteiger partial charge in [0, 0.05) is 6.61 Å². The van der Waals surface area contributed by atoms with Gasteiger partial charge in [-0.25, -0.2) is 4.79 Å². The van der Waals surface area contributed by atoms with Crippen LogP contribution in [0.2, 0.25) is 0 Å². The van der Waals surface area contributed by atoms with Crippen molar-refractivity contribution in [3.05, 3.63) is 42.0 Å². The summed E-state index contributed by atoms with van der Waals surface area (Å²) in [6, 6.07) is 11.2. The monoisotopic (exact) mass is 314 g/mol. The lowest BCUT2D eigenvalue weighted by Gasteiger charge is -2.16. The first-order chi connectivity index (χ1) is 11.2. The van der Waals surface area contributed by atoms with Crippen molar-refractivity contribution in [2.24, 2.45) is 0 Å². The Labute approximate surface area is 134 Å². The molecule has 120 valence electrons. The number of ether oxygens (including phenoxy) is 4. The highest BCUT2D eigenvalue weighted by Gasteiger charge is 2.44. The first-order valence-corrected chi connectivity index (χ1v) is 7.76. The predicted molar refractivity (Wildman–Crippen MR) is 83.8 cm³/mol. The molecule has 5 nitrogen and oxygen atoms in total. The van der Waals surface area contributed by atoms with E-state index >= 15 is 0 Å². The van der Waals surface area contributed by atoms with E-state index in [9.17, 15) is 4.79 Å². The minimum absolute atomic E-state index is 0.0665. The van der Waals surface area contributed by atoms with Crippen molar-refractivity contribution < 1.29 is 23.7 Å². The van der Waals surface area contributed by atoms with Crippen LogP contribution in [0, 0.1) is 0 Å². The molecule has 23 heavy (non-hydrogen) atoms. The molecule has 2 aliphatic heterocycles. The molecule has 2 fully saturated rings. The van der Waals surface area contributed by atoms with Crippen LogP contribution in [-0.2, 0) is 14.2 Å². The molecule has 2 aliphatic rings. The quantitative estimate of drug-likeness (QED) is 0.815. The Balaban J connectivity index is 1.53. The van der Waals surface area contributed by atoms with E-state index in [1.54, 1.807) is 13.2 Å². The summed E-state index contributed by atoms with van der Waals surface area (Å²) in [6.07, 6.45) is 0.498. The SMILES string of the molecule is COc1ccc2cc(C(=O)OC3COC4CCOC43)ccc2c1. The summed E-state index contributed by atoms with van der Waals surface area (Å²) in [5.41, 5.74) is 0.532. The van der Waals surface area contributed by atoms with Gasteiger partial charge in [0.15, 0.2) is 6.10 Å². The van der Waals surface area contributed by atoms with Crippen LogP contribution in [0.25, 0.3) is 10.8 Å². The summed E-state index contributed by atoms with van der Waals surface area (Å²) in [4.78, 5) is 12.4. The lowest BCUT2D eigenvalue weighted by atomic mass is 10.1. The fourth-order valence-corrected chi connectivity index (χ4v) is 3.21. The van der Waals surface area contributed by atoms with Crippen molar-refractivity contribution in [3.8, 4) is 5.75 Å². The number of esters is 1. The summed E-state index contributed by atoms with van der Waals surface area (Å²) in [5, 5.41) is 1.99. The third-order valence-corrected chi connectivity index (χ3v) is 4.46. The van der Waals surface area contributed by atoms with Crippen molar-refractivity contribution in [1.29, 1.82) is 0 Å². The minimum atomic E-state index is -0.340. The van der Waals surface area contributed by atoms with Crippen LogP contribution in [0.1, 0.15) is 16.8 Å². The van der Waals surface area contributed by atoms with E-state index in [4.69, 9.17) is 18.9 Å². The first-order valence-electron chi connectivity index (χ1n) is 7.76. The molecule has 2 aromatic rings. The Morgan fingerprint density at radius 3 is 2.83 bits per heavy atom. The van der Waals surface area contributed by atoms with Gasteiger partial charge in [0.1, 0.15) is 11.9 Å². The highest BCUT2D eigenvalue weighted by molar-refractivity contribution is 5.95. The van der Waals surface area contributed by atoms with Crippen LogP contribution in [-0.4, -0.2) is 44.6 Å². The molecule has 5 heteroatoms. The number of hydrogen-bond donors (Lipinski definition) is 0. The Hall–Kier alpha value is -2.11.